The van der Waals surface area contributed by atoms with E-state index in [4.69, 9.17) is 9.47 Å². The van der Waals surface area contributed by atoms with E-state index in [0.717, 1.165) is 49.3 Å². The van der Waals surface area contributed by atoms with E-state index in [-0.39, 0.29) is 5.91 Å². The van der Waals surface area contributed by atoms with Gasteiger partial charge in [-0.1, -0.05) is 11.6 Å². The number of carbonyl (C=O) groups excluding carboxylic acids is 1. The van der Waals surface area contributed by atoms with Crippen LogP contribution in [0.25, 0.3) is 0 Å². The number of hydrogen-bond donors (Lipinski definition) is 0. The van der Waals surface area contributed by atoms with Crippen LogP contribution in [0.2, 0.25) is 0 Å². The van der Waals surface area contributed by atoms with E-state index >= 15 is 0 Å². The Morgan fingerprint density at radius 2 is 1.96 bits per heavy atom. The molecule has 1 amide bonds. The molecule has 2 rings (SSSR count). The van der Waals surface area contributed by atoms with Gasteiger partial charge in [0.1, 0.15) is 0 Å². The molecule has 1 aliphatic heterocycles. The molecule has 1 atom stereocenters. The van der Waals surface area contributed by atoms with Crippen molar-refractivity contribution in [2.45, 2.75) is 52.0 Å². The highest BCUT2D eigenvalue weighted by atomic mass is 16.5. The summed E-state index contributed by atoms with van der Waals surface area (Å²) in [6, 6.07) is 6.38. The predicted molar refractivity (Wildman–Crippen MR) is 96.7 cm³/mol. The summed E-state index contributed by atoms with van der Waals surface area (Å²) in [6.45, 7) is 4.82. The van der Waals surface area contributed by atoms with Gasteiger partial charge in [0.2, 0.25) is 5.91 Å². The van der Waals surface area contributed by atoms with Gasteiger partial charge in [-0.3, -0.25) is 4.79 Å². The van der Waals surface area contributed by atoms with Crippen molar-refractivity contribution in [2.75, 3.05) is 20.8 Å². The zero-order chi connectivity index (χ0) is 17.5. The fourth-order valence-corrected chi connectivity index (χ4v) is 3.29. The number of benzene rings is 1. The minimum atomic E-state index is 0.159. The Hall–Kier alpha value is -1.97. The van der Waals surface area contributed by atoms with Crippen molar-refractivity contribution in [1.29, 1.82) is 0 Å². The van der Waals surface area contributed by atoms with E-state index < -0.39 is 0 Å². The highest BCUT2D eigenvalue weighted by molar-refractivity contribution is 5.88. The zero-order valence-corrected chi connectivity index (χ0v) is 15.3. The van der Waals surface area contributed by atoms with Gasteiger partial charge in [0.15, 0.2) is 11.5 Å². The summed E-state index contributed by atoms with van der Waals surface area (Å²) in [7, 11) is 3.30. The third kappa shape index (κ3) is 4.76. The fraction of sp³-hybridized carbons (Fsp3) is 0.550. The maximum Gasteiger partial charge on any atom is 0.246 e. The van der Waals surface area contributed by atoms with E-state index in [2.05, 4.69) is 11.0 Å². The molecule has 1 aromatic rings. The summed E-state index contributed by atoms with van der Waals surface area (Å²) in [5.41, 5.74) is 2.28. The Morgan fingerprint density at radius 1 is 1.21 bits per heavy atom. The molecular formula is C20H29NO3. The lowest BCUT2D eigenvalue weighted by Crippen LogP contribution is -2.43. The van der Waals surface area contributed by atoms with E-state index in [1.54, 1.807) is 20.3 Å². The van der Waals surface area contributed by atoms with E-state index in [9.17, 15) is 4.79 Å². The van der Waals surface area contributed by atoms with Crippen LogP contribution in [0.3, 0.4) is 0 Å². The van der Waals surface area contributed by atoms with Crippen molar-refractivity contribution in [3.8, 4) is 11.5 Å². The van der Waals surface area contributed by atoms with Gasteiger partial charge in [-0.25, -0.2) is 0 Å². The summed E-state index contributed by atoms with van der Waals surface area (Å²) >= 11 is 0. The molecule has 0 saturated carbocycles. The van der Waals surface area contributed by atoms with Crippen LogP contribution < -0.4 is 9.47 Å². The SMILES string of the molecule is COc1ccc(CCC2CCCCN2C(=O)C=C(C)C)cc1OC. The largest absolute Gasteiger partial charge is 0.493 e. The fourth-order valence-electron chi connectivity index (χ4n) is 3.29. The quantitative estimate of drug-likeness (QED) is 0.740. The zero-order valence-electron chi connectivity index (χ0n) is 15.3. The van der Waals surface area contributed by atoms with Crippen LogP contribution in [0.1, 0.15) is 45.1 Å². The first-order valence-corrected chi connectivity index (χ1v) is 8.71. The minimum absolute atomic E-state index is 0.159. The van der Waals surface area contributed by atoms with Gasteiger partial charge >= 0.3 is 0 Å². The number of likely N-dealkylation sites (tertiary alicyclic amines) is 1. The third-order valence-corrected chi connectivity index (χ3v) is 4.54. The molecule has 1 aromatic carbocycles. The van der Waals surface area contributed by atoms with E-state index in [1.165, 1.54) is 12.0 Å². The van der Waals surface area contributed by atoms with Crippen molar-refractivity contribution in [3.05, 3.63) is 35.4 Å². The monoisotopic (exact) mass is 331 g/mol. The summed E-state index contributed by atoms with van der Waals surface area (Å²) in [5, 5.41) is 0. The lowest BCUT2D eigenvalue weighted by atomic mass is 9.95. The van der Waals surface area contributed by atoms with Gasteiger partial charge in [0.25, 0.3) is 0 Å². The Labute approximate surface area is 145 Å². The number of nitrogens with zero attached hydrogens (tertiary/aromatic N) is 1. The van der Waals surface area contributed by atoms with Crippen LogP contribution >= 0.6 is 0 Å². The van der Waals surface area contributed by atoms with Crippen LogP contribution in [0, 0.1) is 0 Å². The number of methoxy groups -OCH3 is 2. The van der Waals surface area contributed by atoms with Gasteiger partial charge in [-0.2, -0.15) is 0 Å². The molecule has 0 N–H and O–H groups in total. The lowest BCUT2D eigenvalue weighted by Gasteiger charge is -2.35. The Kier molecular flexibility index (Phi) is 6.71. The topological polar surface area (TPSA) is 38.8 Å². The number of piperidine rings is 1. The number of amides is 1. The van der Waals surface area contributed by atoms with Crippen molar-refractivity contribution < 1.29 is 14.3 Å². The molecule has 1 saturated heterocycles. The Bertz CT molecular complexity index is 591. The predicted octanol–water partition coefficient (Wildman–Crippen LogP) is 3.98. The van der Waals surface area contributed by atoms with Gasteiger partial charge < -0.3 is 14.4 Å². The molecule has 1 fully saturated rings. The van der Waals surface area contributed by atoms with Gasteiger partial charge in [0, 0.05) is 18.7 Å². The van der Waals surface area contributed by atoms with Crippen LogP contribution in [0.15, 0.2) is 29.8 Å². The molecular weight excluding hydrogens is 302 g/mol. The summed E-state index contributed by atoms with van der Waals surface area (Å²) in [5.74, 6) is 1.67. The molecule has 0 bridgehead atoms. The maximum absolute atomic E-state index is 12.4. The molecule has 0 radical (unpaired) electrons. The summed E-state index contributed by atoms with van der Waals surface area (Å²) in [4.78, 5) is 14.5. The molecule has 1 heterocycles. The van der Waals surface area contributed by atoms with Gasteiger partial charge in [-0.05, 0) is 63.6 Å². The average molecular weight is 331 g/mol. The molecule has 4 nitrogen and oxygen atoms in total. The Morgan fingerprint density at radius 3 is 2.62 bits per heavy atom. The second kappa shape index (κ2) is 8.76. The lowest BCUT2D eigenvalue weighted by molar-refractivity contribution is -0.129. The average Bonchev–Trinajstić information content (AvgIpc) is 2.59. The molecule has 0 aromatic heterocycles. The van der Waals surface area contributed by atoms with Crippen LogP contribution in [0.4, 0.5) is 0 Å². The smallest absolute Gasteiger partial charge is 0.246 e. The number of ether oxygens (including phenoxy) is 2. The molecule has 24 heavy (non-hydrogen) atoms. The van der Waals surface area contributed by atoms with E-state index in [0.29, 0.717) is 6.04 Å². The third-order valence-electron chi connectivity index (χ3n) is 4.54. The molecule has 4 heteroatoms. The van der Waals surface area contributed by atoms with Gasteiger partial charge in [-0.15, -0.1) is 0 Å². The van der Waals surface area contributed by atoms with E-state index in [1.807, 2.05) is 26.0 Å². The highest BCUT2D eigenvalue weighted by Crippen LogP contribution is 2.29. The molecule has 1 aliphatic rings. The maximum atomic E-state index is 12.4. The minimum Gasteiger partial charge on any atom is -0.493 e. The van der Waals surface area contributed by atoms with Crippen molar-refractivity contribution in [2.24, 2.45) is 0 Å². The first-order valence-electron chi connectivity index (χ1n) is 8.71. The van der Waals surface area contributed by atoms with Gasteiger partial charge in [0.05, 0.1) is 14.2 Å². The van der Waals surface area contributed by atoms with Crippen molar-refractivity contribution in [3.63, 3.8) is 0 Å². The van der Waals surface area contributed by atoms with Crippen molar-refractivity contribution >= 4 is 5.91 Å². The van der Waals surface area contributed by atoms with Crippen LogP contribution in [0.5, 0.6) is 11.5 Å². The second-order valence-electron chi connectivity index (χ2n) is 6.63. The summed E-state index contributed by atoms with van der Waals surface area (Å²) < 4.78 is 10.7. The molecule has 0 aliphatic carbocycles. The number of aryl methyl sites for hydroxylation is 1. The molecule has 0 spiro atoms. The number of rotatable bonds is 6. The molecule has 132 valence electrons. The number of hydrogen-bond acceptors (Lipinski definition) is 3. The second-order valence-corrected chi connectivity index (χ2v) is 6.63. The first kappa shape index (κ1) is 18.4. The van der Waals surface area contributed by atoms with Crippen molar-refractivity contribution in [1.82, 2.24) is 4.90 Å². The Balaban J connectivity index is 2.03. The number of carbonyl (C=O) groups is 1. The van der Waals surface area contributed by atoms with Crippen LogP contribution in [-0.2, 0) is 11.2 Å². The summed E-state index contributed by atoms with van der Waals surface area (Å²) in [6.07, 6.45) is 7.08. The molecule has 1 unspecified atom stereocenters. The first-order chi connectivity index (χ1) is 11.5. The standard InChI is InChI=1S/C20H29NO3/c1-15(2)13-20(22)21-12-6-5-7-17(21)10-8-16-9-11-18(23-3)19(14-16)24-4/h9,11,13-14,17H,5-8,10,12H2,1-4H3. The normalized spacial score (nSPS) is 17.3. The highest BCUT2D eigenvalue weighted by Gasteiger charge is 2.25. The van der Waals surface area contributed by atoms with Crippen LogP contribution in [-0.4, -0.2) is 37.6 Å². The number of allylic oxidation sites excluding steroid dienone is 1.